The van der Waals surface area contributed by atoms with Crippen molar-refractivity contribution >= 4 is 15.9 Å². The van der Waals surface area contributed by atoms with Gasteiger partial charge in [-0.2, -0.15) is 0 Å². The first-order chi connectivity index (χ1) is 9.65. The molecule has 0 bridgehead atoms. The molecule has 0 aromatic carbocycles. The molecule has 1 amide bonds. The van der Waals surface area contributed by atoms with Crippen molar-refractivity contribution in [3.63, 3.8) is 0 Å². The summed E-state index contributed by atoms with van der Waals surface area (Å²) >= 11 is 0. The molecule has 1 unspecified atom stereocenters. The maximum atomic E-state index is 12.0. The van der Waals surface area contributed by atoms with Crippen molar-refractivity contribution in [2.24, 2.45) is 0 Å². The minimum Gasteiger partial charge on any atom is -0.444 e. The number of hydrogen-bond donors (Lipinski definition) is 1. The first-order valence-electron chi connectivity index (χ1n) is 7.59. The van der Waals surface area contributed by atoms with Gasteiger partial charge < -0.3 is 15.0 Å². The predicted molar refractivity (Wildman–Crippen MR) is 81.0 cm³/mol. The van der Waals surface area contributed by atoms with Crippen LogP contribution in [-0.2, 0) is 14.6 Å². The van der Waals surface area contributed by atoms with Gasteiger partial charge in [-0.1, -0.05) is 0 Å². The van der Waals surface area contributed by atoms with Crippen molar-refractivity contribution in [1.82, 2.24) is 10.2 Å². The molecule has 6 nitrogen and oxygen atoms in total. The number of carbonyl (C=O) groups excluding carboxylic acids is 1. The second kappa shape index (κ2) is 6.12. The first kappa shape index (κ1) is 16.5. The van der Waals surface area contributed by atoms with Crippen LogP contribution in [0.25, 0.3) is 0 Å². The number of nitrogens with one attached hydrogen (secondary N) is 1. The zero-order chi connectivity index (χ0) is 15.7. The number of nitrogens with zero attached hydrogens (tertiary/aromatic N) is 1. The summed E-state index contributed by atoms with van der Waals surface area (Å²) in [5, 5.41) is 3.49. The minimum atomic E-state index is -2.82. The summed E-state index contributed by atoms with van der Waals surface area (Å²) in [5.41, 5.74) is -0.472. The summed E-state index contributed by atoms with van der Waals surface area (Å²) in [7, 11) is -2.82. The van der Waals surface area contributed by atoms with Crippen LogP contribution in [0.5, 0.6) is 0 Å². The highest BCUT2D eigenvalue weighted by atomic mass is 32.2. The SMILES string of the molecule is CC(C)(C)OC(=O)N1CCC(NC2CCS(=O)(=O)CC2)C1. The van der Waals surface area contributed by atoms with Crippen molar-refractivity contribution in [2.75, 3.05) is 24.6 Å². The van der Waals surface area contributed by atoms with Crippen LogP contribution in [0.1, 0.15) is 40.0 Å². The van der Waals surface area contributed by atoms with E-state index < -0.39 is 15.4 Å². The predicted octanol–water partition coefficient (Wildman–Crippen LogP) is 1.16. The molecule has 122 valence electrons. The fourth-order valence-corrected chi connectivity index (χ4v) is 4.27. The molecule has 2 aliphatic heterocycles. The lowest BCUT2D eigenvalue weighted by molar-refractivity contribution is 0.0290. The fourth-order valence-electron chi connectivity index (χ4n) is 2.78. The van der Waals surface area contributed by atoms with Crippen molar-refractivity contribution in [3.05, 3.63) is 0 Å². The lowest BCUT2D eigenvalue weighted by Crippen LogP contribution is -2.45. The van der Waals surface area contributed by atoms with Crippen LogP contribution in [0.4, 0.5) is 4.79 Å². The summed E-state index contributed by atoms with van der Waals surface area (Å²) in [5.74, 6) is 0.542. The zero-order valence-corrected chi connectivity index (χ0v) is 13.9. The lowest BCUT2D eigenvalue weighted by atomic mass is 10.1. The number of likely N-dealkylation sites (tertiary alicyclic amines) is 1. The summed E-state index contributed by atoms with van der Waals surface area (Å²) in [6, 6.07) is 0.487. The highest BCUT2D eigenvalue weighted by Crippen LogP contribution is 2.18. The van der Waals surface area contributed by atoms with E-state index >= 15 is 0 Å². The Morgan fingerprint density at radius 2 is 1.76 bits per heavy atom. The molecule has 0 aromatic heterocycles. The number of ether oxygens (including phenoxy) is 1. The molecule has 2 fully saturated rings. The van der Waals surface area contributed by atoms with E-state index in [-0.39, 0.29) is 29.7 Å². The van der Waals surface area contributed by atoms with E-state index in [9.17, 15) is 13.2 Å². The molecule has 1 N–H and O–H groups in total. The van der Waals surface area contributed by atoms with Crippen LogP contribution in [-0.4, -0.2) is 61.7 Å². The quantitative estimate of drug-likeness (QED) is 0.827. The van der Waals surface area contributed by atoms with Gasteiger partial charge in [0.1, 0.15) is 15.4 Å². The molecule has 2 aliphatic rings. The Morgan fingerprint density at radius 3 is 2.33 bits per heavy atom. The topological polar surface area (TPSA) is 75.7 Å². The van der Waals surface area contributed by atoms with Crippen LogP contribution in [0.15, 0.2) is 0 Å². The highest BCUT2D eigenvalue weighted by molar-refractivity contribution is 7.91. The lowest BCUT2D eigenvalue weighted by Gasteiger charge is -2.27. The molecule has 1 atom stereocenters. The summed E-state index contributed by atoms with van der Waals surface area (Å²) < 4.78 is 28.2. The van der Waals surface area contributed by atoms with Gasteiger partial charge in [0.05, 0.1) is 11.5 Å². The van der Waals surface area contributed by atoms with Crippen molar-refractivity contribution in [2.45, 2.75) is 57.7 Å². The second-order valence-corrected chi connectivity index (χ2v) is 9.31. The Morgan fingerprint density at radius 1 is 1.14 bits per heavy atom. The van der Waals surface area contributed by atoms with Gasteiger partial charge >= 0.3 is 6.09 Å². The van der Waals surface area contributed by atoms with E-state index in [0.717, 1.165) is 6.42 Å². The molecule has 2 heterocycles. The molecule has 0 radical (unpaired) electrons. The smallest absolute Gasteiger partial charge is 0.410 e. The van der Waals surface area contributed by atoms with E-state index in [1.54, 1.807) is 4.90 Å². The molecule has 2 saturated heterocycles. The summed E-state index contributed by atoms with van der Waals surface area (Å²) in [6.07, 6.45) is 1.97. The van der Waals surface area contributed by atoms with Crippen LogP contribution in [0, 0.1) is 0 Å². The van der Waals surface area contributed by atoms with Crippen molar-refractivity contribution < 1.29 is 17.9 Å². The van der Waals surface area contributed by atoms with Crippen LogP contribution in [0.3, 0.4) is 0 Å². The Kier molecular flexibility index (Phi) is 4.82. The van der Waals surface area contributed by atoms with Gasteiger partial charge in [-0.15, -0.1) is 0 Å². The van der Waals surface area contributed by atoms with Crippen LogP contribution in [0.2, 0.25) is 0 Å². The number of carbonyl (C=O) groups is 1. The van der Waals surface area contributed by atoms with Gasteiger partial charge in [-0.3, -0.25) is 0 Å². The van der Waals surface area contributed by atoms with E-state index in [1.165, 1.54) is 0 Å². The third-order valence-corrected chi connectivity index (χ3v) is 5.58. The molecule has 0 aliphatic carbocycles. The monoisotopic (exact) mass is 318 g/mol. The number of hydrogen-bond acceptors (Lipinski definition) is 5. The second-order valence-electron chi connectivity index (χ2n) is 7.00. The maximum Gasteiger partial charge on any atom is 0.410 e. The first-order valence-corrected chi connectivity index (χ1v) is 9.41. The standard InChI is InChI=1S/C14H26N2O4S/c1-14(2,3)20-13(17)16-7-4-12(10-16)15-11-5-8-21(18,19)9-6-11/h11-12,15H,4-10H2,1-3H3. The summed E-state index contributed by atoms with van der Waals surface area (Å²) in [6.45, 7) is 6.91. The molecule has 2 rings (SSSR count). The third-order valence-electron chi connectivity index (χ3n) is 3.87. The summed E-state index contributed by atoms with van der Waals surface area (Å²) in [4.78, 5) is 13.7. The van der Waals surface area contributed by atoms with Crippen molar-refractivity contribution in [1.29, 1.82) is 0 Å². The normalized spacial score (nSPS) is 26.8. The van der Waals surface area contributed by atoms with Gasteiger partial charge in [-0.25, -0.2) is 13.2 Å². The Hall–Kier alpha value is -0.820. The molecule has 0 aromatic rings. The van der Waals surface area contributed by atoms with E-state index in [4.69, 9.17) is 4.74 Å². The number of amides is 1. The largest absolute Gasteiger partial charge is 0.444 e. The fraction of sp³-hybridized carbons (Fsp3) is 0.929. The van der Waals surface area contributed by atoms with Crippen LogP contribution >= 0.6 is 0 Å². The Bertz CT molecular complexity index is 470. The van der Waals surface area contributed by atoms with Gasteiger partial charge in [0.25, 0.3) is 0 Å². The van der Waals surface area contributed by atoms with E-state index in [2.05, 4.69) is 5.32 Å². The van der Waals surface area contributed by atoms with Gasteiger partial charge in [-0.05, 0) is 40.0 Å². The van der Waals surface area contributed by atoms with Crippen molar-refractivity contribution in [3.8, 4) is 0 Å². The number of rotatable bonds is 2. The average molecular weight is 318 g/mol. The molecule has 7 heteroatoms. The third kappa shape index (κ3) is 5.14. The molecule has 0 saturated carbocycles. The molecular weight excluding hydrogens is 292 g/mol. The van der Waals surface area contributed by atoms with Gasteiger partial charge in [0.2, 0.25) is 0 Å². The Labute approximate surface area is 127 Å². The molecular formula is C14H26N2O4S. The number of sulfone groups is 1. The molecule has 0 spiro atoms. The van der Waals surface area contributed by atoms with Gasteiger partial charge in [0, 0.05) is 25.2 Å². The van der Waals surface area contributed by atoms with E-state index in [1.807, 2.05) is 20.8 Å². The Balaban J connectivity index is 1.77. The zero-order valence-electron chi connectivity index (χ0n) is 13.1. The van der Waals surface area contributed by atoms with Gasteiger partial charge in [0.15, 0.2) is 0 Å². The van der Waals surface area contributed by atoms with E-state index in [0.29, 0.717) is 25.9 Å². The molecule has 21 heavy (non-hydrogen) atoms. The minimum absolute atomic E-state index is 0.239. The average Bonchev–Trinajstić information content (AvgIpc) is 2.78. The van der Waals surface area contributed by atoms with Crippen LogP contribution < -0.4 is 5.32 Å². The maximum absolute atomic E-state index is 12.0. The highest BCUT2D eigenvalue weighted by Gasteiger charge is 2.32.